The summed E-state index contributed by atoms with van der Waals surface area (Å²) in [5.74, 6) is 0.0146. The van der Waals surface area contributed by atoms with E-state index in [-0.39, 0.29) is 22.9 Å². The third-order valence-electron chi connectivity index (χ3n) is 2.51. The number of likely N-dealkylation sites (tertiary alicyclic amines) is 1. The van der Waals surface area contributed by atoms with Gasteiger partial charge in [-0.1, -0.05) is 11.6 Å². The molecule has 1 aromatic rings. The van der Waals surface area contributed by atoms with E-state index in [1.165, 1.54) is 6.20 Å². The number of aromatic nitrogens is 2. The van der Waals surface area contributed by atoms with Crippen molar-refractivity contribution < 1.29 is 13.6 Å². The number of rotatable bonds is 4. The number of hydrogen-bond donors (Lipinski definition) is 1. The van der Waals surface area contributed by atoms with Gasteiger partial charge in [0.1, 0.15) is 5.02 Å². The van der Waals surface area contributed by atoms with Crippen LogP contribution in [-0.4, -0.2) is 47.4 Å². The maximum atomic E-state index is 10.6. The van der Waals surface area contributed by atoms with Crippen LogP contribution < -0.4 is 10.1 Å². The highest BCUT2D eigenvalue weighted by atomic mass is 35.5. The van der Waals surface area contributed by atoms with Crippen LogP contribution in [0.3, 0.4) is 0 Å². The summed E-state index contributed by atoms with van der Waals surface area (Å²) in [7, 11) is -2.63. The van der Waals surface area contributed by atoms with Crippen molar-refractivity contribution in [3.05, 3.63) is 11.2 Å². The van der Waals surface area contributed by atoms with Gasteiger partial charge in [-0.05, 0) is 6.42 Å². The largest absolute Gasteiger partial charge is 0.480 e. The lowest BCUT2D eigenvalue weighted by atomic mass is 10.3. The molecule has 1 saturated heterocycles. The first-order chi connectivity index (χ1) is 9.37. The Morgan fingerprint density at radius 1 is 1.82 bits per heavy atom. The van der Waals surface area contributed by atoms with Crippen LogP contribution in [0.4, 0.5) is 5.95 Å². The van der Waals surface area contributed by atoms with Crippen LogP contribution >= 0.6 is 11.6 Å². The van der Waals surface area contributed by atoms with E-state index in [0.717, 1.165) is 12.8 Å². The minimum Gasteiger partial charge on any atom is -0.480 e. The lowest BCUT2D eigenvalue weighted by molar-refractivity contribution is -0.117. The van der Waals surface area contributed by atoms with Crippen molar-refractivity contribution in [2.45, 2.75) is 12.5 Å². The van der Waals surface area contributed by atoms with Gasteiger partial charge in [0.15, 0.2) is 0 Å². The Hall–Kier alpha value is -1.56. The Kier molecular flexibility index (Phi) is 2.60. The lowest BCUT2D eigenvalue weighted by Gasteiger charge is -2.13. The number of amides is 1. The number of nitrogens with one attached hydrogen (secondary N) is 1. The van der Waals surface area contributed by atoms with Crippen molar-refractivity contribution in [2.75, 3.05) is 25.4 Å². The van der Waals surface area contributed by atoms with Crippen LogP contribution in [-0.2, 0) is 4.79 Å². The highest BCUT2D eigenvalue weighted by Gasteiger charge is 2.21. The molecule has 0 radical (unpaired) electrons. The van der Waals surface area contributed by atoms with Gasteiger partial charge < -0.3 is 15.0 Å². The van der Waals surface area contributed by atoms with Gasteiger partial charge in [-0.15, -0.1) is 0 Å². The summed E-state index contributed by atoms with van der Waals surface area (Å²) in [5, 5.41) is 3.03. The number of halogens is 1. The van der Waals surface area contributed by atoms with Crippen molar-refractivity contribution in [1.29, 1.82) is 0 Å². The minimum atomic E-state index is -2.63. The summed E-state index contributed by atoms with van der Waals surface area (Å²) in [6, 6.07) is 0.0157. The zero-order valence-corrected chi connectivity index (χ0v) is 9.65. The highest BCUT2D eigenvalue weighted by Crippen LogP contribution is 2.22. The molecular weight excluding hydrogens is 244 g/mol. The summed E-state index contributed by atoms with van der Waals surface area (Å²) in [6.45, 7) is 1.21. The fourth-order valence-electron chi connectivity index (χ4n) is 1.68. The number of carbonyl (C=O) groups excluding carboxylic acids is 1. The molecule has 1 N–H and O–H groups in total. The van der Waals surface area contributed by atoms with E-state index in [0.29, 0.717) is 13.1 Å². The molecule has 1 unspecified atom stereocenters. The van der Waals surface area contributed by atoms with E-state index in [2.05, 4.69) is 15.3 Å². The monoisotopic (exact) mass is 259 g/mol. The van der Waals surface area contributed by atoms with Gasteiger partial charge in [-0.25, -0.2) is 4.98 Å². The normalized spacial score (nSPS) is 22.5. The van der Waals surface area contributed by atoms with Crippen LogP contribution in [0.1, 0.15) is 10.5 Å². The number of nitrogens with zero attached hydrogens (tertiary/aromatic N) is 3. The summed E-state index contributed by atoms with van der Waals surface area (Å²) in [5.41, 5.74) is 0. The average molecular weight is 260 g/mol. The lowest BCUT2D eigenvalue weighted by Crippen LogP contribution is -2.26. The zero-order valence-electron chi connectivity index (χ0n) is 11.9. The van der Waals surface area contributed by atoms with Gasteiger partial charge >= 0.3 is 0 Å². The number of carbonyl (C=O) groups is 1. The molecule has 0 saturated carbocycles. The Bertz CT molecular complexity index is 500. The van der Waals surface area contributed by atoms with Gasteiger partial charge in [0.05, 0.1) is 17.3 Å². The van der Waals surface area contributed by atoms with E-state index in [1.54, 1.807) is 4.90 Å². The van der Waals surface area contributed by atoms with E-state index in [4.69, 9.17) is 20.5 Å². The number of anilines is 1. The molecular formula is C10H13ClN4O2. The fraction of sp³-hybridized carbons (Fsp3) is 0.500. The second-order valence-electron chi connectivity index (χ2n) is 3.68. The molecule has 0 aromatic carbocycles. The van der Waals surface area contributed by atoms with Gasteiger partial charge in [-0.3, -0.25) is 4.79 Å². The predicted octanol–water partition coefficient (Wildman–Crippen LogP) is 0.781. The van der Waals surface area contributed by atoms with E-state index in [1.807, 2.05) is 0 Å². The third-order valence-corrected chi connectivity index (χ3v) is 2.77. The first-order valence-electron chi connectivity index (χ1n) is 6.55. The maximum absolute atomic E-state index is 10.6. The molecule has 0 bridgehead atoms. The molecule has 0 spiro atoms. The fourth-order valence-corrected chi connectivity index (χ4v) is 1.81. The highest BCUT2D eigenvalue weighted by molar-refractivity contribution is 6.31. The van der Waals surface area contributed by atoms with Gasteiger partial charge in [0, 0.05) is 19.1 Å². The molecule has 1 amide bonds. The Labute approximate surface area is 108 Å². The van der Waals surface area contributed by atoms with Gasteiger partial charge in [0.2, 0.25) is 18.2 Å². The first kappa shape index (κ1) is 8.52. The van der Waals surface area contributed by atoms with Crippen LogP contribution in [0.25, 0.3) is 0 Å². The summed E-state index contributed by atoms with van der Waals surface area (Å²) in [6.07, 6.45) is 2.82. The van der Waals surface area contributed by atoms with Crippen LogP contribution in [0.15, 0.2) is 6.20 Å². The van der Waals surface area contributed by atoms with Crippen LogP contribution in [0.2, 0.25) is 5.02 Å². The topological polar surface area (TPSA) is 67.3 Å². The number of methoxy groups -OCH3 is 1. The Balaban J connectivity index is 2.06. The first-order valence-corrected chi connectivity index (χ1v) is 5.42. The Morgan fingerprint density at radius 2 is 2.71 bits per heavy atom. The summed E-state index contributed by atoms with van der Waals surface area (Å²) in [4.78, 5) is 20.1. The quantitative estimate of drug-likeness (QED) is 0.810. The molecule has 6 nitrogen and oxygen atoms in total. The average Bonchev–Trinajstić information content (AvgIpc) is 2.79. The smallest absolute Gasteiger partial charge is 0.237 e. The third kappa shape index (κ3) is 2.76. The maximum Gasteiger partial charge on any atom is 0.237 e. The molecule has 92 valence electrons. The van der Waals surface area contributed by atoms with E-state index in [9.17, 15) is 4.79 Å². The molecule has 2 rings (SSSR count). The number of hydrogen-bond acceptors (Lipinski definition) is 5. The van der Waals surface area contributed by atoms with Crippen molar-refractivity contribution in [3.63, 3.8) is 0 Å². The Morgan fingerprint density at radius 3 is 3.41 bits per heavy atom. The molecule has 2 heterocycles. The standard InChI is InChI=1S/C10H13ClN4O2/c1-17-9-8(11)4-12-10(14-9)13-7-2-3-15(5-7)6-16/h4,6-7H,2-3,5H2,1H3,(H,12,13,14)/i1D3. The molecule has 7 heteroatoms. The molecule has 1 aromatic heterocycles. The van der Waals surface area contributed by atoms with Crippen molar-refractivity contribution in [2.24, 2.45) is 0 Å². The minimum absolute atomic E-state index is 0.0157. The molecule has 0 aliphatic carbocycles. The second-order valence-corrected chi connectivity index (χ2v) is 4.09. The molecule has 17 heavy (non-hydrogen) atoms. The van der Waals surface area contributed by atoms with Gasteiger partial charge in [-0.2, -0.15) is 4.98 Å². The van der Waals surface area contributed by atoms with E-state index < -0.39 is 7.04 Å². The SMILES string of the molecule is [2H]C([2H])([2H])Oc1nc(NC2CCN(C=O)C2)ncc1Cl. The van der Waals surface area contributed by atoms with Crippen molar-refractivity contribution in [1.82, 2.24) is 14.9 Å². The zero-order chi connectivity index (χ0) is 14.8. The van der Waals surface area contributed by atoms with E-state index >= 15 is 0 Å². The van der Waals surface area contributed by atoms with Gasteiger partial charge in [0.25, 0.3) is 0 Å². The van der Waals surface area contributed by atoms with Crippen LogP contribution in [0, 0.1) is 0 Å². The van der Waals surface area contributed by atoms with Crippen molar-refractivity contribution >= 4 is 24.0 Å². The molecule has 1 fully saturated rings. The molecule has 1 atom stereocenters. The number of ether oxygens (including phenoxy) is 1. The van der Waals surface area contributed by atoms with Crippen LogP contribution in [0.5, 0.6) is 5.88 Å². The molecule has 1 aliphatic heterocycles. The molecule has 1 aliphatic rings. The van der Waals surface area contributed by atoms with Crippen molar-refractivity contribution in [3.8, 4) is 5.88 Å². The second kappa shape index (κ2) is 5.18. The summed E-state index contributed by atoms with van der Waals surface area (Å²) < 4.78 is 25.8. The summed E-state index contributed by atoms with van der Waals surface area (Å²) >= 11 is 5.78. The predicted molar refractivity (Wildman–Crippen MR) is 63.3 cm³/mol.